The molecule has 1 aliphatic heterocycles. The summed E-state index contributed by atoms with van der Waals surface area (Å²) < 4.78 is 26.7. The number of nitrogens with zero attached hydrogens (tertiary/aromatic N) is 6. The summed E-state index contributed by atoms with van der Waals surface area (Å²) in [6.07, 6.45) is 3.79. The molecule has 1 atom stereocenters. The molecule has 7 rings (SSSR count). The van der Waals surface area contributed by atoms with Gasteiger partial charge in [0.05, 0.1) is 48.9 Å². The van der Waals surface area contributed by atoms with Crippen molar-refractivity contribution in [2.24, 2.45) is 0 Å². The lowest BCUT2D eigenvalue weighted by Gasteiger charge is -2.24. The molecule has 1 aliphatic rings. The molecule has 0 amide bonds. The SMILES string of the molecule is COc1ccc(Cc2nc3c4c(ncn3n2)Oc2c(c(C)nn2-c2ccccc2)[C@@H]4c2ccco2)cc1OC. The van der Waals surface area contributed by atoms with Crippen LogP contribution < -0.4 is 14.2 Å². The number of fused-ring (bicyclic) bond motifs is 4. The number of furan rings is 1. The van der Waals surface area contributed by atoms with Gasteiger partial charge in [-0.1, -0.05) is 24.3 Å². The number of para-hydroxylation sites is 1. The fraction of sp³-hybridized carbons (Fsp3) is 0.172. The molecule has 0 unspecified atom stereocenters. The molecule has 4 aromatic heterocycles. The normalized spacial score (nSPS) is 14.1. The first-order chi connectivity index (χ1) is 19.1. The summed E-state index contributed by atoms with van der Waals surface area (Å²) in [5.74, 6) is 3.43. The number of aryl methyl sites for hydroxylation is 1. The van der Waals surface area contributed by atoms with Crippen molar-refractivity contribution in [1.29, 1.82) is 0 Å². The summed E-state index contributed by atoms with van der Waals surface area (Å²) >= 11 is 0. The molecular weight excluding hydrogens is 496 g/mol. The zero-order chi connectivity index (χ0) is 26.5. The van der Waals surface area contributed by atoms with Gasteiger partial charge in [-0.3, -0.25) is 0 Å². The topological polar surface area (TPSA) is 102 Å². The van der Waals surface area contributed by atoms with Crippen LogP contribution in [0.1, 0.15) is 39.9 Å². The fourth-order valence-corrected chi connectivity index (χ4v) is 5.15. The lowest BCUT2D eigenvalue weighted by Crippen LogP contribution is -2.15. The number of hydrogen-bond donors (Lipinski definition) is 0. The molecule has 39 heavy (non-hydrogen) atoms. The Bertz CT molecular complexity index is 1810. The van der Waals surface area contributed by atoms with Gasteiger partial charge in [-0.15, -0.1) is 5.10 Å². The lowest BCUT2D eigenvalue weighted by molar-refractivity contribution is 0.354. The van der Waals surface area contributed by atoms with Gasteiger partial charge in [0.15, 0.2) is 23.0 Å². The van der Waals surface area contributed by atoms with E-state index in [0.29, 0.717) is 41.2 Å². The Balaban J connectivity index is 1.36. The van der Waals surface area contributed by atoms with Gasteiger partial charge in [0.25, 0.3) is 0 Å². The van der Waals surface area contributed by atoms with Gasteiger partial charge >= 0.3 is 0 Å². The number of hydrogen-bond acceptors (Lipinski definition) is 8. The predicted molar refractivity (Wildman–Crippen MR) is 141 cm³/mol. The van der Waals surface area contributed by atoms with Crippen LogP contribution in [0.2, 0.25) is 0 Å². The molecule has 0 saturated heterocycles. The quantitative estimate of drug-likeness (QED) is 0.298. The summed E-state index contributed by atoms with van der Waals surface area (Å²) in [4.78, 5) is 9.58. The van der Waals surface area contributed by atoms with Crippen LogP contribution in [0.4, 0.5) is 0 Å². The summed E-state index contributed by atoms with van der Waals surface area (Å²) in [6.45, 7) is 1.97. The number of ether oxygens (including phenoxy) is 3. The fourth-order valence-electron chi connectivity index (χ4n) is 5.15. The average molecular weight is 521 g/mol. The van der Waals surface area contributed by atoms with Gasteiger partial charge in [0.2, 0.25) is 11.8 Å². The molecule has 2 aromatic carbocycles. The molecule has 0 N–H and O–H groups in total. The van der Waals surface area contributed by atoms with Crippen LogP contribution in [0.25, 0.3) is 11.3 Å². The summed E-state index contributed by atoms with van der Waals surface area (Å²) in [5.41, 5.74) is 5.04. The molecular formula is C29H24N6O4. The van der Waals surface area contributed by atoms with Crippen LogP contribution >= 0.6 is 0 Å². The Labute approximate surface area is 223 Å². The molecule has 0 spiro atoms. The number of benzene rings is 2. The third-order valence-electron chi connectivity index (χ3n) is 6.90. The first-order valence-electron chi connectivity index (χ1n) is 12.5. The highest BCUT2D eigenvalue weighted by Gasteiger charge is 2.39. The van der Waals surface area contributed by atoms with Gasteiger partial charge < -0.3 is 18.6 Å². The van der Waals surface area contributed by atoms with Crippen molar-refractivity contribution < 1.29 is 18.6 Å². The van der Waals surface area contributed by atoms with Gasteiger partial charge in [-0.05, 0) is 48.9 Å². The van der Waals surface area contributed by atoms with Crippen LogP contribution in [0.15, 0.2) is 77.7 Å². The summed E-state index contributed by atoms with van der Waals surface area (Å²) in [7, 11) is 3.24. The molecule has 0 aliphatic carbocycles. The monoisotopic (exact) mass is 520 g/mol. The van der Waals surface area contributed by atoms with Gasteiger partial charge in [-0.25, -0.2) is 19.2 Å². The predicted octanol–water partition coefficient (Wildman–Crippen LogP) is 5.11. The second-order valence-corrected chi connectivity index (χ2v) is 9.23. The van der Waals surface area contributed by atoms with Crippen LogP contribution in [0, 0.1) is 6.92 Å². The molecule has 0 radical (unpaired) electrons. The van der Waals surface area contributed by atoms with E-state index in [4.69, 9.17) is 33.8 Å². The third kappa shape index (κ3) is 3.71. The number of methoxy groups -OCH3 is 2. The van der Waals surface area contributed by atoms with Crippen molar-refractivity contribution in [2.75, 3.05) is 14.2 Å². The molecule has 0 fully saturated rings. The van der Waals surface area contributed by atoms with E-state index in [0.717, 1.165) is 33.8 Å². The largest absolute Gasteiger partial charge is 0.493 e. The number of rotatable bonds is 6. The molecule has 6 aromatic rings. The standard InChI is InChI=1S/C29H24N6O4/c1-17-24-25(21-10-7-13-38-21)26-27-31-23(15-18-11-12-20(36-2)22(14-18)37-3)33-34(27)16-30-28(26)39-29(24)35(32-17)19-8-5-4-6-9-19/h4-14,16,25H,15H2,1-3H3/t25-/m0/s1. The van der Waals surface area contributed by atoms with Crippen LogP contribution in [-0.4, -0.2) is 43.6 Å². The van der Waals surface area contributed by atoms with E-state index in [-0.39, 0.29) is 5.92 Å². The van der Waals surface area contributed by atoms with E-state index in [2.05, 4.69) is 4.98 Å². The van der Waals surface area contributed by atoms with Crippen molar-refractivity contribution in [3.8, 4) is 28.9 Å². The molecule has 0 saturated carbocycles. The van der Waals surface area contributed by atoms with Crippen molar-refractivity contribution in [3.63, 3.8) is 0 Å². The zero-order valence-electron chi connectivity index (χ0n) is 21.5. The van der Waals surface area contributed by atoms with Gasteiger partial charge in [-0.2, -0.15) is 5.10 Å². The molecule has 10 heteroatoms. The molecule has 5 heterocycles. The van der Waals surface area contributed by atoms with Crippen molar-refractivity contribution in [2.45, 2.75) is 19.3 Å². The van der Waals surface area contributed by atoms with E-state index in [1.165, 1.54) is 0 Å². The minimum atomic E-state index is -0.328. The van der Waals surface area contributed by atoms with Crippen LogP contribution in [0.3, 0.4) is 0 Å². The Kier molecular flexibility index (Phi) is 5.32. The van der Waals surface area contributed by atoms with Crippen LogP contribution in [0.5, 0.6) is 23.3 Å². The van der Waals surface area contributed by atoms with Crippen molar-refractivity contribution in [3.05, 3.63) is 107 Å². The molecule has 10 nitrogen and oxygen atoms in total. The molecule has 0 bridgehead atoms. The summed E-state index contributed by atoms with van der Waals surface area (Å²) in [5, 5.41) is 9.56. The lowest BCUT2D eigenvalue weighted by atomic mass is 9.88. The van der Waals surface area contributed by atoms with Crippen molar-refractivity contribution >= 4 is 5.65 Å². The van der Waals surface area contributed by atoms with E-state index in [1.54, 1.807) is 31.3 Å². The Morgan fingerprint density at radius 2 is 1.77 bits per heavy atom. The second-order valence-electron chi connectivity index (χ2n) is 9.23. The van der Waals surface area contributed by atoms with Gasteiger partial charge in [0, 0.05) is 6.42 Å². The number of aromatic nitrogens is 6. The zero-order valence-corrected chi connectivity index (χ0v) is 21.5. The van der Waals surface area contributed by atoms with Crippen molar-refractivity contribution in [1.82, 2.24) is 29.4 Å². The Morgan fingerprint density at radius 1 is 0.923 bits per heavy atom. The maximum absolute atomic E-state index is 6.44. The first kappa shape index (κ1) is 23.0. The van der Waals surface area contributed by atoms with Crippen LogP contribution in [-0.2, 0) is 6.42 Å². The molecule has 194 valence electrons. The minimum Gasteiger partial charge on any atom is -0.493 e. The summed E-state index contributed by atoms with van der Waals surface area (Å²) in [6, 6.07) is 19.5. The average Bonchev–Trinajstić information content (AvgIpc) is 3.71. The Hall–Kier alpha value is -5.12. The maximum Gasteiger partial charge on any atom is 0.230 e. The van der Waals surface area contributed by atoms with E-state index >= 15 is 0 Å². The smallest absolute Gasteiger partial charge is 0.230 e. The van der Waals surface area contributed by atoms with Gasteiger partial charge in [0.1, 0.15) is 12.1 Å². The first-order valence-corrected chi connectivity index (χ1v) is 12.5. The highest BCUT2D eigenvalue weighted by Crippen LogP contribution is 2.49. The Morgan fingerprint density at radius 3 is 2.54 bits per heavy atom. The highest BCUT2D eigenvalue weighted by molar-refractivity contribution is 5.65. The van der Waals surface area contributed by atoms with E-state index in [9.17, 15) is 0 Å². The second kappa shape index (κ2) is 9.02. The maximum atomic E-state index is 6.44. The highest BCUT2D eigenvalue weighted by atomic mass is 16.5. The third-order valence-corrected chi connectivity index (χ3v) is 6.90. The minimum absolute atomic E-state index is 0.328. The van der Waals surface area contributed by atoms with E-state index in [1.807, 2.05) is 72.3 Å². The van der Waals surface area contributed by atoms with E-state index < -0.39 is 0 Å².